The number of non-ortho nitro benzene ring substituents is 1. The number of aliphatic imine (C=N–C) groups is 1. The van der Waals surface area contributed by atoms with Gasteiger partial charge in [0.1, 0.15) is 6.04 Å². The monoisotopic (exact) mass is 430 g/mol. The molecule has 0 aliphatic heterocycles. The molecule has 27 heavy (non-hydrogen) atoms. The van der Waals surface area contributed by atoms with Gasteiger partial charge < -0.3 is 7.16 Å². The molecule has 0 bridgehead atoms. The van der Waals surface area contributed by atoms with Crippen LogP contribution in [0.2, 0.25) is 0 Å². The molecule has 1 aromatic rings. The third-order valence-electron chi connectivity index (χ3n) is 2.54. The predicted molar refractivity (Wildman–Crippen MR) is 90.0 cm³/mol. The van der Waals surface area contributed by atoms with Crippen LogP contribution in [-0.4, -0.2) is 44.0 Å². The molecule has 1 aromatic carbocycles. The Morgan fingerprint density at radius 1 is 1.11 bits per heavy atom. The molecule has 0 aromatic heterocycles. The number of alkyl halides is 6. The van der Waals surface area contributed by atoms with Crippen molar-refractivity contribution in [1.29, 1.82) is 0 Å². The summed E-state index contributed by atoms with van der Waals surface area (Å²) < 4.78 is 69.5. The van der Waals surface area contributed by atoms with Crippen molar-refractivity contribution in [3.63, 3.8) is 0 Å². The van der Waals surface area contributed by atoms with Crippen molar-refractivity contribution in [1.82, 2.24) is 0 Å². The van der Waals surface area contributed by atoms with Crippen LogP contribution in [0.25, 0.3) is 0 Å². The van der Waals surface area contributed by atoms with E-state index in [1.807, 2.05) is 0 Å². The molecule has 2 unspecified atom stereocenters. The molecule has 0 saturated carbocycles. The second-order valence-corrected chi connectivity index (χ2v) is 4.67. The van der Waals surface area contributed by atoms with Crippen molar-refractivity contribution in [2.45, 2.75) is 38.3 Å². The summed E-state index contributed by atoms with van der Waals surface area (Å²) in [7, 11) is 0. The number of hydrogen-bond donors (Lipinski definition) is 1. The molecule has 0 aliphatic carbocycles. The molecule has 1 rings (SSSR count). The molecule has 0 heterocycles. The van der Waals surface area contributed by atoms with Crippen molar-refractivity contribution in [2.24, 2.45) is 10.7 Å². The summed E-state index contributed by atoms with van der Waals surface area (Å²) in [6, 6.07) is 1.60. The van der Waals surface area contributed by atoms with E-state index in [4.69, 9.17) is 0 Å². The molecular weight excluding hydrogens is 413 g/mol. The number of benzene rings is 1. The average molecular weight is 431 g/mol. The van der Waals surface area contributed by atoms with Gasteiger partial charge >= 0.3 is 41.9 Å². The first-order valence-electron chi connectivity index (χ1n) is 6.41. The maximum absolute atomic E-state index is 12.1. The summed E-state index contributed by atoms with van der Waals surface area (Å²) in [6.07, 6.45) is -7.56. The van der Waals surface area contributed by atoms with Gasteiger partial charge in [0.05, 0.1) is 11.0 Å². The molecule has 5 nitrogen and oxygen atoms in total. The van der Waals surface area contributed by atoms with E-state index in [-0.39, 0.29) is 57.5 Å². The van der Waals surface area contributed by atoms with Gasteiger partial charge in [-0.1, -0.05) is 0 Å². The Labute approximate surface area is 183 Å². The van der Waals surface area contributed by atoms with Crippen LogP contribution in [0.5, 0.6) is 0 Å². The van der Waals surface area contributed by atoms with Gasteiger partial charge in [-0.15, -0.1) is 12.4 Å². The van der Waals surface area contributed by atoms with Crippen molar-refractivity contribution in [3.05, 3.63) is 39.9 Å². The first kappa shape index (κ1) is 33.7. The molecule has 0 aliphatic rings. The van der Waals surface area contributed by atoms with E-state index in [0.717, 1.165) is 20.1 Å². The minimum atomic E-state index is -4.38. The van der Waals surface area contributed by atoms with Crippen molar-refractivity contribution in [2.75, 3.05) is 0 Å². The Bertz CT molecular complexity index is 577. The third kappa shape index (κ3) is 14.9. The first-order chi connectivity index (χ1) is 10.7. The Morgan fingerprint density at radius 2 is 1.48 bits per heavy atom. The number of hydrogen-bond acceptors (Lipinski definition) is 4. The van der Waals surface area contributed by atoms with E-state index < -0.39 is 29.4 Å². The number of nitrogens with zero attached hydrogens (tertiary/aromatic N) is 2. The van der Waals surface area contributed by atoms with Gasteiger partial charge in [0.25, 0.3) is 5.69 Å². The summed E-state index contributed by atoms with van der Waals surface area (Å²) in [5.74, 6) is 0. The molecule has 0 spiro atoms. The van der Waals surface area contributed by atoms with Crippen LogP contribution in [0.3, 0.4) is 0 Å². The van der Waals surface area contributed by atoms with Crippen LogP contribution in [0, 0.1) is 10.1 Å². The van der Waals surface area contributed by atoms with Gasteiger partial charge in [-0.3, -0.25) is 15.1 Å². The van der Waals surface area contributed by atoms with E-state index >= 15 is 0 Å². The largest absolute Gasteiger partial charge is 1.00 e. The van der Waals surface area contributed by atoms with Gasteiger partial charge in [-0.05, 0) is 31.5 Å². The molecule has 149 valence electrons. The average Bonchev–Trinajstić information content (AvgIpc) is 2.43. The molecular formula is C13H17BClF6N3NaO2. The fraction of sp³-hybridized carbons (Fsp3) is 0.462. The van der Waals surface area contributed by atoms with Crippen LogP contribution in [-0.2, 0) is 0 Å². The zero-order chi connectivity index (χ0) is 19.1. The standard InChI is InChI=1S/C10H9F3N2O2.C3H6F3N.B.ClH.Na.H/c1-7(10(11,12)13)14-6-8-2-4-9(5-3-8)15(16)17;1-2(7)3(4,5)6;;;;/h2-7H,1H3;2H,7H2,1H3;;1H;;/q;;;;+1;-1. The SMILES string of the molecule is CC(N)C(F)(F)F.CC(N=Cc1ccc([N+](=O)[O-])cc1)C(F)(F)F.Cl.[B].[H-].[Na+]. The molecule has 2 atom stereocenters. The van der Waals surface area contributed by atoms with Crippen LogP contribution in [0.4, 0.5) is 32.0 Å². The number of rotatable bonds is 3. The quantitative estimate of drug-likeness (QED) is 0.256. The number of nitro benzene ring substituents is 1. The first-order valence-corrected chi connectivity index (χ1v) is 6.41. The summed E-state index contributed by atoms with van der Waals surface area (Å²) in [5, 5.41) is 10.3. The van der Waals surface area contributed by atoms with Gasteiger partial charge in [0.15, 0.2) is 0 Å². The summed E-state index contributed by atoms with van der Waals surface area (Å²) in [5.41, 5.74) is 4.71. The van der Waals surface area contributed by atoms with E-state index in [1.165, 1.54) is 24.3 Å². The minimum absolute atomic E-state index is 0. The van der Waals surface area contributed by atoms with Crippen molar-refractivity contribution >= 4 is 32.7 Å². The zero-order valence-corrected chi connectivity index (χ0v) is 17.4. The third-order valence-corrected chi connectivity index (χ3v) is 2.54. The van der Waals surface area contributed by atoms with Gasteiger partial charge in [0.2, 0.25) is 0 Å². The van der Waals surface area contributed by atoms with Gasteiger partial charge in [-0.2, -0.15) is 26.3 Å². The smallest absolute Gasteiger partial charge is 1.00 e. The predicted octanol–water partition coefficient (Wildman–Crippen LogP) is 1.02. The fourth-order valence-corrected chi connectivity index (χ4v) is 0.964. The van der Waals surface area contributed by atoms with Gasteiger partial charge in [0, 0.05) is 26.8 Å². The van der Waals surface area contributed by atoms with Crippen LogP contribution < -0.4 is 35.3 Å². The zero-order valence-electron chi connectivity index (χ0n) is 15.6. The number of halogens is 7. The molecule has 0 saturated heterocycles. The fourth-order valence-electron chi connectivity index (χ4n) is 0.964. The maximum atomic E-state index is 12.1. The Hall–Kier alpha value is -0.815. The molecule has 0 amide bonds. The van der Waals surface area contributed by atoms with E-state index in [9.17, 15) is 36.5 Å². The van der Waals surface area contributed by atoms with Crippen molar-refractivity contribution in [3.8, 4) is 0 Å². The molecule has 2 N–H and O–H groups in total. The van der Waals surface area contributed by atoms with Gasteiger partial charge in [-0.25, -0.2) is 0 Å². The topological polar surface area (TPSA) is 81.5 Å². The second-order valence-electron chi connectivity index (χ2n) is 4.67. The maximum Gasteiger partial charge on any atom is 1.00 e. The Morgan fingerprint density at radius 3 is 1.74 bits per heavy atom. The number of nitro groups is 1. The van der Waals surface area contributed by atoms with E-state index in [1.54, 1.807) is 0 Å². The minimum Gasteiger partial charge on any atom is -1.00 e. The van der Waals surface area contributed by atoms with E-state index in [0.29, 0.717) is 5.56 Å². The summed E-state index contributed by atoms with van der Waals surface area (Å²) in [4.78, 5) is 13.1. The summed E-state index contributed by atoms with van der Waals surface area (Å²) >= 11 is 0. The van der Waals surface area contributed by atoms with E-state index in [2.05, 4.69) is 10.7 Å². The van der Waals surface area contributed by atoms with Crippen LogP contribution in [0.1, 0.15) is 20.8 Å². The Kier molecular flexibility index (Phi) is 17.8. The summed E-state index contributed by atoms with van der Waals surface area (Å²) in [6.45, 7) is 1.84. The number of nitrogens with two attached hydrogens (primary N) is 1. The Balaban J connectivity index is -0.000000140. The normalized spacial score (nSPS) is 13.1. The van der Waals surface area contributed by atoms with Crippen molar-refractivity contribution < 1.29 is 62.2 Å². The second kappa shape index (κ2) is 14.2. The molecule has 3 radical (unpaired) electrons. The van der Waals surface area contributed by atoms with Crippen LogP contribution >= 0.6 is 12.4 Å². The molecule has 0 fully saturated rings. The molecule has 14 heteroatoms. The van der Waals surface area contributed by atoms with Crippen LogP contribution in [0.15, 0.2) is 29.3 Å².